The Bertz CT molecular complexity index is 3100. The standard InChI is InChI=1S/C21H20N4O4S.C19H14N4O3S.C6H15N.2CH4/c1-3-29-20(27)23-18(30)16-17(22-2)24(14-10-6-4-7-11-14)21(28)25(19(16)26)15-12-8-5-9-13-15;1-21-16-14(15(27)20-18(21)25)17(24)23(13-10-6-3-7-11-13)19(26)22(16)12-8-4-2-5-9-12;1-4-7(5-2)6-3;;/h4-13,22H,3H2,1-2H3,(H,23,27,30);2-11H,1H3,(H,20,25,27);4-6H2,1-3H3;2*1H4. The molecule has 0 aliphatic rings. The van der Waals surface area contributed by atoms with Crippen LogP contribution in [0, 0.1) is 4.64 Å². The first-order valence-electron chi connectivity index (χ1n) is 20.4. The van der Waals surface area contributed by atoms with Crippen molar-refractivity contribution < 1.29 is 9.53 Å². The number of para-hydroxylation sites is 4. The lowest BCUT2D eigenvalue weighted by Crippen LogP contribution is -2.45. The maximum atomic E-state index is 13.4. The summed E-state index contributed by atoms with van der Waals surface area (Å²) >= 11 is 10.6. The van der Waals surface area contributed by atoms with Gasteiger partial charge in [0.2, 0.25) is 0 Å². The molecule has 1 amide bonds. The van der Waals surface area contributed by atoms with Crippen LogP contribution >= 0.6 is 24.4 Å². The van der Waals surface area contributed by atoms with Gasteiger partial charge in [-0.15, -0.1) is 0 Å². The number of aromatic amines is 1. The highest BCUT2D eigenvalue weighted by Gasteiger charge is 2.25. The van der Waals surface area contributed by atoms with Gasteiger partial charge >= 0.3 is 23.2 Å². The van der Waals surface area contributed by atoms with Crippen LogP contribution in [0.4, 0.5) is 10.6 Å². The van der Waals surface area contributed by atoms with Crippen LogP contribution in [0.5, 0.6) is 0 Å². The lowest BCUT2D eigenvalue weighted by Gasteiger charge is -2.19. The molecule has 0 saturated carbocycles. The van der Waals surface area contributed by atoms with E-state index in [-0.39, 0.29) is 53.5 Å². The Hall–Kier alpha value is -7.28. The molecule has 0 bridgehead atoms. The van der Waals surface area contributed by atoms with Crippen molar-refractivity contribution in [2.24, 2.45) is 7.05 Å². The Morgan fingerprint density at radius 2 is 1.03 bits per heavy atom. The van der Waals surface area contributed by atoms with E-state index in [4.69, 9.17) is 29.2 Å². The van der Waals surface area contributed by atoms with Crippen molar-refractivity contribution in [2.75, 3.05) is 38.6 Å². The monoisotopic (exact) mass is 935 g/mol. The zero-order valence-corrected chi connectivity index (χ0v) is 37.9. The first-order chi connectivity index (χ1) is 30.8. The van der Waals surface area contributed by atoms with Gasteiger partial charge in [0.25, 0.3) is 11.1 Å². The zero-order valence-electron chi connectivity index (χ0n) is 36.2. The van der Waals surface area contributed by atoms with Crippen molar-refractivity contribution in [1.82, 2.24) is 38.0 Å². The second-order valence-corrected chi connectivity index (χ2v) is 14.5. The number of amides is 1. The van der Waals surface area contributed by atoms with E-state index >= 15 is 0 Å². The fourth-order valence-corrected chi connectivity index (χ4v) is 7.26. The molecule has 7 rings (SSSR count). The normalized spacial score (nSPS) is 10.3. The highest BCUT2D eigenvalue weighted by Crippen LogP contribution is 2.18. The number of anilines is 1. The second-order valence-electron chi connectivity index (χ2n) is 13.6. The number of benzene rings is 4. The fraction of sp³-hybridized carbons (Fsp3) is 0.250. The van der Waals surface area contributed by atoms with Crippen LogP contribution in [0.2, 0.25) is 0 Å². The maximum Gasteiger partial charge on any atom is 0.412 e. The van der Waals surface area contributed by atoms with E-state index in [1.54, 1.807) is 123 Å². The predicted octanol–water partition coefficient (Wildman–Crippen LogP) is 6.97. The van der Waals surface area contributed by atoms with Gasteiger partial charge in [-0.05, 0) is 75.1 Å². The molecule has 0 saturated heterocycles. The van der Waals surface area contributed by atoms with Crippen molar-refractivity contribution in [1.29, 1.82) is 0 Å². The van der Waals surface area contributed by atoms with Crippen LogP contribution < -0.4 is 38.8 Å². The van der Waals surface area contributed by atoms with Gasteiger partial charge < -0.3 is 15.0 Å². The number of carbonyl (C=O) groups excluding carboxylic acids is 1. The summed E-state index contributed by atoms with van der Waals surface area (Å²) in [7, 11) is 3.05. The SMILES string of the molecule is C.C.CCN(CC)CC.CCOC(=O)NC(=S)c1c(NC)n(-c2ccccc2)c(=O)n(-c2ccccc2)c1=O.Cn1c(=O)[nH]c(=S)c2c(=O)n(-c3ccccc3)c(=O)n(-c3ccccc3)c21. The van der Waals surface area contributed by atoms with Gasteiger partial charge in [0.1, 0.15) is 32.0 Å². The Morgan fingerprint density at radius 3 is 1.42 bits per heavy atom. The summed E-state index contributed by atoms with van der Waals surface area (Å²) in [6.45, 7) is 11.9. The third kappa shape index (κ3) is 11.5. The van der Waals surface area contributed by atoms with E-state index in [1.807, 2.05) is 12.1 Å². The van der Waals surface area contributed by atoms with Gasteiger partial charge in [0.05, 0.1) is 29.4 Å². The zero-order chi connectivity index (χ0) is 46.5. The van der Waals surface area contributed by atoms with E-state index in [2.05, 4.69) is 41.3 Å². The number of ether oxygens (including phenoxy) is 1. The number of carbonyl (C=O) groups is 1. The molecule has 348 valence electrons. The highest BCUT2D eigenvalue weighted by atomic mass is 32.1. The largest absolute Gasteiger partial charge is 0.450 e. The first-order valence-corrected chi connectivity index (χ1v) is 21.2. The molecule has 7 aromatic rings. The first kappa shape index (κ1) is 53.1. The minimum absolute atomic E-state index is 0. The molecule has 0 aliphatic carbocycles. The Kier molecular flexibility index (Phi) is 19.9. The third-order valence-corrected chi connectivity index (χ3v) is 10.5. The number of thiocarbonyl (C=S) groups is 1. The summed E-state index contributed by atoms with van der Waals surface area (Å²) < 4.78 is 10.8. The molecule has 0 atom stereocenters. The number of nitrogens with one attached hydrogen (secondary N) is 3. The molecule has 0 unspecified atom stereocenters. The summed E-state index contributed by atoms with van der Waals surface area (Å²) in [6, 6.07) is 34.7. The second kappa shape index (κ2) is 24.7. The van der Waals surface area contributed by atoms with Gasteiger partial charge in [-0.3, -0.25) is 24.5 Å². The van der Waals surface area contributed by atoms with E-state index < -0.39 is 34.3 Å². The number of fused-ring (bicyclic) bond motifs is 1. The number of nitrogens with zero attached hydrogens (tertiary/aromatic N) is 6. The topological polar surface area (TPSA) is 179 Å². The Labute approximate surface area is 393 Å². The molecular formula is C48H57N9O7S2. The molecule has 66 heavy (non-hydrogen) atoms. The van der Waals surface area contributed by atoms with Gasteiger partial charge in [-0.2, -0.15) is 0 Å². The van der Waals surface area contributed by atoms with Crippen molar-refractivity contribution >= 4 is 52.4 Å². The number of aryl methyl sites for hydroxylation is 1. The van der Waals surface area contributed by atoms with Crippen molar-refractivity contribution in [3.63, 3.8) is 0 Å². The van der Waals surface area contributed by atoms with Crippen LogP contribution in [0.15, 0.2) is 145 Å². The summed E-state index contributed by atoms with van der Waals surface area (Å²) in [5, 5.41) is 5.37. The van der Waals surface area contributed by atoms with Gasteiger partial charge in [-0.1, -0.05) is 133 Å². The molecular weight excluding hydrogens is 879 g/mol. The summed E-state index contributed by atoms with van der Waals surface area (Å²) in [6.07, 6.45) is -0.785. The number of hydrogen-bond donors (Lipinski definition) is 3. The third-order valence-electron chi connectivity index (χ3n) is 9.92. The predicted molar refractivity (Wildman–Crippen MR) is 272 cm³/mol. The van der Waals surface area contributed by atoms with Crippen LogP contribution in [-0.2, 0) is 11.8 Å². The molecule has 4 aromatic carbocycles. The van der Waals surface area contributed by atoms with Crippen LogP contribution in [-0.4, -0.2) is 77.1 Å². The summed E-state index contributed by atoms with van der Waals surface area (Å²) in [5.41, 5.74) is -0.954. The van der Waals surface area contributed by atoms with Crippen molar-refractivity contribution in [3.8, 4) is 22.7 Å². The van der Waals surface area contributed by atoms with E-state index in [9.17, 15) is 28.8 Å². The van der Waals surface area contributed by atoms with Crippen LogP contribution in [0.1, 0.15) is 48.1 Å². The smallest absolute Gasteiger partial charge is 0.412 e. The number of H-pyrrole nitrogens is 1. The lowest BCUT2D eigenvalue weighted by molar-refractivity contribution is 0.158. The average molecular weight is 936 g/mol. The number of rotatable bonds is 10. The number of aromatic nitrogens is 6. The molecule has 0 fully saturated rings. The number of alkyl carbamates (subject to hydrolysis) is 1. The van der Waals surface area contributed by atoms with Gasteiger partial charge in [0.15, 0.2) is 0 Å². The Balaban J connectivity index is 0.000000299. The van der Waals surface area contributed by atoms with Crippen LogP contribution in [0.3, 0.4) is 0 Å². The molecule has 3 N–H and O–H groups in total. The quantitative estimate of drug-likeness (QED) is 0.121. The molecule has 0 spiro atoms. The summed E-state index contributed by atoms with van der Waals surface area (Å²) in [5.74, 6) is 0.158. The average Bonchev–Trinajstić information content (AvgIpc) is 3.30. The Morgan fingerprint density at radius 1 is 0.636 bits per heavy atom. The fourth-order valence-electron chi connectivity index (χ4n) is 6.73. The molecule has 16 nitrogen and oxygen atoms in total. The van der Waals surface area contributed by atoms with E-state index in [1.165, 1.54) is 40.4 Å². The van der Waals surface area contributed by atoms with E-state index in [0.717, 1.165) is 9.13 Å². The maximum absolute atomic E-state index is 13.4. The molecule has 3 heterocycles. The molecule has 18 heteroatoms. The minimum Gasteiger partial charge on any atom is -0.450 e. The van der Waals surface area contributed by atoms with Gasteiger partial charge in [0, 0.05) is 14.1 Å². The lowest BCUT2D eigenvalue weighted by atomic mass is 10.2. The van der Waals surface area contributed by atoms with Crippen molar-refractivity contribution in [3.05, 3.63) is 184 Å². The van der Waals surface area contributed by atoms with E-state index in [0.29, 0.717) is 22.7 Å². The van der Waals surface area contributed by atoms with Crippen LogP contribution in [0.25, 0.3) is 33.8 Å². The molecule has 3 aromatic heterocycles. The van der Waals surface area contributed by atoms with Gasteiger partial charge in [-0.25, -0.2) is 37.4 Å². The van der Waals surface area contributed by atoms with Crippen molar-refractivity contribution in [2.45, 2.75) is 42.5 Å². The number of hydrogen-bond acceptors (Lipinski definition) is 11. The molecule has 0 aliphatic heterocycles. The highest BCUT2D eigenvalue weighted by molar-refractivity contribution is 7.80. The molecule has 0 radical (unpaired) electrons. The summed E-state index contributed by atoms with van der Waals surface area (Å²) in [4.78, 5) is 82.1. The minimum atomic E-state index is -0.785.